The molecule has 7 heteroatoms. The fraction of sp³-hybridized carbons (Fsp3) is 0.103. The molecule has 1 amide bonds. The van der Waals surface area contributed by atoms with Crippen LogP contribution in [-0.4, -0.2) is 19.0 Å². The predicted octanol–water partition coefficient (Wildman–Crippen LogP) is 6.48. The molecule has 5 rings (SSSR count). The molecule has 0 bridgehead atoms. The number of para-hydroxylation sites is 1. The van der Waals surface area contributed by atoms with E-state index in [-0.39, 0.29) is 11.9 Å². The highest BCUT2D eigenvalue weighted by Crippen LogP contribution is 2.37. The summed E-state index contributed by atoms with van der Waals surface area (Å²) in [7, 11) is 1.36. The number of esters is 1. The lowest BCUT2D eigenvalue weighted by molar-refractivity contribution is 0.0600. The van der Waals surface area contributed by atoms with Crippen LogP contribution in [0.2, 0.25) is 5.02 Å². The second kappa shape index (κ2) is 10.1. The molecule has 4 aromatic carbocycles. The minimum Gasteiger partial charge on any atom is -0.489 e. The summed E-state index contributed by atoms with van der Waals surface area (Å²) in [5.41, 5.74) is 4.47. The average molecular weight is 499 g/mol. The van der Waals surface area contributed by atoms with Crippen LogP contribution in [-0.2, 0) is 11.3 Å². The van der Waals surface area contributed by atoms with Crippen LogP contribution < -0.4 is 15.0 Å². The number of methoxy groups -OCH3 is 1. The van der Waals surface area contributed by atoms with Gasteiger partial charge in [0.05, 0.1) is 18.2 Å². The summed E-state index contributed by atoms with van der Waals surface area (Å²) < 4.78 is 10.7. The van der Waals surface area contributed by atoms with Crippen molar-refractivity contribution < 1.29 is 19.1 Å². The van der Waals surface area contributed by atoms with Gasteiger partial charge in [0.15, 0.2) is 0 Å². The Labute approximate surface area is 214 Å². The van der Waals surface area contributed by atoms with Gasteiger partial charge in [0.2, 0.25) is 0 Å². The van der Waals surface area contributed by atoms with Gasteiger partial charge in [0.1, 0.15) is 18.5 Å². The lowest BCUT2D eigenvalue weighted by atomic mass is 10.0. The van der Waals surface area contributed by atoms with E-state index in [2.05, 4.69) is 5.32 Å². The minimum atomic E-state index is -0.409. The molecular weight excluding hydrogens is 476 g/mol. The van der Waals surface area contributed by atoms with E-state index < -0.39 is 6.17 Å². The number of ether oxygens (including phenoxy) is 2. The van der Waals surface area contributed by atoms with Crippen molar-refractivity contribution in [1.29, 1.82) is 0 Å². The van der Waals surface area contributed by atoms with Crippen LogP contribution in [0.3, 0.4) is 0 Å². The second-order valence-electron chi connectivity index (χ2n) is 8.29. The second-order valence-corrected chi connectivity index (χ2v) is 8.73. The van der Waals surface area contributed by atoms with Crippen molar-refractivity contribution in [2.75, 3.05) is 17.3 Å². The maximum Gasteiger partial charge on any atom is 0.337 e. The Morgan fingerprint density at radius 3 is 2.31 bits per heavy atom. The number of nitrogens with zero attached hydrogens (tertiary/aromatic N) is 1. The lowest BCUT2D eigenvalue weighted by Crippen LogP contribution is -2.43. The number of benzene rings is 4. The molecule has 4 aromatic rings. The van der Waals surface area contributed by atoms with Crippen molar-refractivity contribution in [2.24, 2.45) is 0 Å². The Morgan fingerprint density at radius 2 is 1.61 bits per heavy atom. The molecule has 1 aliphatic heterocycles. The number of halogens is 1. The Morgan fingerprint density at radius 1 is 0.917 bits per heavy atom. The lowest BCUT2D eigenvalue weighted by Gasteiger charge is -2.38. The van der Waals surface area contributed by atoms with E-state index in [1.54, 1.807) is 29.2 Å². The number of carbonyl (C=O) groups is 2. The summed E-state index contributed by atoms with van der Waals surface area (Å²) in [5.74, 6) is 0.229. The highest BCUT2D eigenvalue weighted by atomic mass is 35.5. The van der Waals surface area contributed by atoms with Crippen LogP contribution >= 0.6 is 11.6 Å². The highest BCUT2D eigenvalue weighted by Gasteiger charge is 2.34. The molecular formula is C29H23ClN2O4. The number of amides is 1. The van der Waals surface area contributed by atoms with Gasteiger partial charge >= 0.3 is 5.97 Å². The number of hydrogen-bond acceptors (Lipinski definition) is 5. The number of carbonyl (C=O) groups excluding carboxylic acids is 2. The van der Waals surface area contributed by atoms with Crippen molar-refractivity contribution in [2.45, 2.75) is 12.8 Å². The van der Waals surface area contributed by atoms with E-state index in [9.17, 15) is 9.59 Å². The van der Waals surface area contributed by atoms with Gasteiger partial charge in [-0.05, 0) is 71.8 Å². The van der Waals surface area contributed by atoms with Crippen LogP contribution in [0.25, 0.3) is 0 Å². The number of nitrogens with one attached hydrogen (secondary N) is 1. The van der Waals surface area contributed by atoms with Crippen LogP contribution in [0, 0.1) is 0 Å². The average Bonchev–Trinajstić information content (AvgIpc) is 2.93. The first-order valence-electron chi connectivity index (χ1n) is 11.4. The molecule has 1 heterocycles. The molecule has 1 atom stereocenters. The summed E-state index contributed by atoms with van der Waals surface area (Å²) in [6, 6.07) is 29.4. The maximum atomic E-state index is 13.5. The van der Waals surface area contributed by atoms with Crippen molar-refractivity contribution >= 4 is 34.9 Å². The molecule has 36 heavy (non-hydrogen) atoms. The zero-order valence-electron chi connectivity index (χ0n) is 19.5. The van der Waals surface area contributed by atoms with Crippen LogP contribution in [0.1, 0.15) is 38.0 Å². The van der Waals surface area contributed by atoms with Crippen LogP contribution in [0.15, 0.2) is 97.1 Å². The first-order valence-corrected chi connectivity index (χ1v) is 11.8. The fourth-order valence-electron chi connectivity index (χ4n) is 4.12. The fourth-order valence-corrected chi connectivity index (χ4v) is 4.25. The van der Waals surface area contributed by atoms with Gasteiger partial charge in [-0.25, -0.2) is 4.79 Å². The van der Waals surface area contributed by atoms with Gasteiger partial charge in [0, 0.05) is 16.4 Å². The Balaban J connectivity index is 1.36. The highest BCUT2D eigenvalue weighted by molar-refractivity contribution is 6.30. The largest absolute Gasteiger partial charge is 0.489 e. The van der Waals surface area contributed by atoms with E-state index in [1.165, 1.54) is 7.11 Å². The van der Waals surface area contributed by atoms with Gasteiger partial charge in [-0.2, -0.15) is 0 Å². The van der Waals surface area contributed by atoms with Crippen molar-refractivity contribution in [3.05, 3.63) is 124 Å². The summed E-state index contributed by atoms with van der Waals surface area (Å²) >= 11 is 6.09. The summed E-state index contributed by atoms with van der Waals surface area (Å²) in [6.07, 6.45) is -0.409. The third-order valence-electron chi connectivity index (χ3n) is 6.01. The topological polar surface area (TPSA) is 67.9 Å². The monoisotopic (exact) mass is 498 g/mol. The molecule has 6 nitrogen and oxygen atoms in total. The third-order valence-corrected chi connectivity index (χ3v) is 6.26. The smallest absolute Gasteiger partial charge is 0.337 e. The molecule has 1 unspecified atom stereocenters. The van der Waals surface area contributed by atoms with Crippen molar-refractivity contribution in [3.8, 4) is 5.75 Å². The molecule has 0 radical (unpaired) electrons. The molecule has 0 aliphatic carbocycles. The van der Waals surface area contributed by atoms with Crippen LogP contribution in [0.4, 0.5) is 11.4 Å². The van der Waals surface area contributed by atoms with Gasteiger partial charge in [-0.3, -0.25) is 9.69 Å². The molecule has 1 aliphatic rings. The van der Waals surface area contributed by atoms with E-state index in [1.807, 2.05) is 72.8 Å². The molecule has 0 spiro atoms. The first-order chi connectivity index (χ1) is 17.5. The minimum absolute atomic E-state index is 0.0904. The van der Waals surface area contributed by atoms with Gasteiger partial charge in [0.25, 0.3) is 5.91 Å². The van der Waals surface area contributed by atoms with E-state index in [0.717, 1.165) is 22.5 Å². The van der Waals surface area contributed by atoms with Crippen molar-refractivity contribution in [3.63, 3.8) is 0 Å². The van der Waals surface area contributed by atoms with Gasteiger partial charge in [-0.15, -0.1) is 0 Å². The quantitative estimate of drug-likeness (QED) is 0.308. The van der Waals surface area contributed by atoms with E-state index in [4.69, 9.17) is 21.1 Å². The normalized spacial score (nSPS) is 14.6. The molecule has 0 saturated heterocycles. The zero-order chi connectivity index (χ0) is 25.1. The number of rotatable bonds is 6. The SMILES string of the molecule is COC(=O)c1ccc(COc2ccc(C3Nc4ccccc4C(=O)N3c3ccc(Cl)cc3)cc2)cc1. The summed E-state index contributed by atoms with van der Waals surface area (Å²) in [4.78, 5) is 26.8. The Hall–Kier alpha value is -4.29. The summed E-state index contributed by atoms with van der Waals surface area (Å²) in [5, 5.41) is 4.10. The molecule has 1 N–H and O–H groups in total. The van der Waals surface area contributed by atoms with Gasteiger partial charge in [-0.1, -0.05) is 48.0 Å². The first kappa shape index (κ1) is 23.5. The van der Waals surface area contributed by atoms with E-state index >= 15 is 0 Å². The Bertz CT molecular complexity index is 1390. The zero-order valence-corrected chi connectivity index (χ0v) is 20.2. The molecule has 0 aromatic heterocycles. The molecule has 180 valence electrons. The number of fused-ring (bicyclic) bond motifs is 1. The third kappa shape index (κ3) is 4.76. The van der Waals surface area contributed by atoms with Crippen LogP contribution in [0.5, 0.6) is 5.75 Å². The number of hydrogen-bond donors (Lipinski definition) is 1. The standard InChI is InChI=1S/C29H23ClN2O4/c1-35-29(34)21-8-6-19(7-9-21)18-36-24-16-10-20(11-17-24)27-31-26-5-3-2-4-25(26)28(33)32(27)23-14-12-22(30)13-15-23/h2-17,27,31H,18H2,1H3. The molecule has 0 fully saturated rings. The molecule has 0 saturated carbocycles. The Kier molecular flexibility index (Phi) is 6.60. The van der Waals surface area contributed by atoms with Crippen molar-refractivity contribution in [1.82, 2.24) is 0 Å². The summed E-state index contributed by atoms with van der Waals surface area (Å²) in [6.45, 7) is 0.352. The number of anilines is 2. The van der Waals surface area contributed by atoms with E-state index in [0.29, 0.717) is 28.5 Å². The van der Waals surface area contributed by atoms with Gasteiger partial charge < -0.3 is 14.8 Å². The maximum absolute atomic E-state index is 13.5. The predicted molar refractivity (Wildman–Crippen MR) is 140 cm³/mol.